The van der Waals surface area contributed by atoms with Crippen LogP contribution >= 0.6 is 0 Å². The lowest BCUT2D eigenvalue weighted by Crippen LogP contribution is -2.63. The number of hydrogen-bond donors (Lipinski definition) is 16. The van der Waals surface area contributed by atoms with Gasteiger partial charge in [-0.3, -0.25) is 47.9 Å². The molecule has 0 unspecified atom stereocenters. The molecule has 0 aliphatic heterocycles. The van der Waals surface area contributed by atoms with Crippen molar-refractivity contribution in [2.24, 2.45) is 29.2 Å². The molecule has 398 valence electrons. The summed E-state index contributed by atoms with van der Waals surface area (Å²) in [5.41, 5.74) is 12.0. The predicted octanol–water partition coefficient (Wildman–Crippen LogP) is -5.31. The highest BCUT2D eigenvalue weighted by atomic mass is 16.4. The number of carboxylic acids is 2. The van der Waals surface area contributed by atoms with Crippen LogP contribution in [-0.4, -0.2) is 169 Å². The second-order valence-corrected chi connectivity index (χ2v) is 17.9. The molecule has 27 nitrogen and oxygen atoms in total. The zero-order valence-electron chi connectivity index (χ0n) is 40.6. The first kappa shape index (κ1) is 62.0. The average Bonchev–Trinajstić information content (AvgIpc) is 3.27. The fourth-order valence-corrected chi connectivity index (χ4v) is 6.57. The van der Waals surface area contributed by atoms with E-state index in [2.05, 4.69) is 42.5 Å². The summed E-state index contributed by atoms with van der Waals surface area (Å²) in [6.07, 6.45) is -4.01. The number of carbonyl (C=O) groups is 11. The Morgan fingerprint density at radius 3 is 1.41 bits per heavy atom. The van der Waals surface area contributed by atoms with Crippen molar-refractivity contribution in [2.45, 2.75) is 141 Å². The Bertz CT molecular complexity index is 2030. The summed E-state index contributed by atoms with van der Waals surface area (Å²) in [6, 6.07) is -8.77. The van der Waals surface area contributed by atoms with E-state index in [0.717, 1.165) is 6.92 Å². The minimum Gasteiger partial charge on any atom is -0.508 e. The van der Waals surface area contributed by atoms with Gasteiger partial charge in [0.05, 0.1) is 31.8 Å². The maximum Gasteiger partial charge on any atom is 0.326 e. The van der Waals surface area contributed by atoms with Crippen LogP contribution < -0.4 is 54.0 Å². The molecule has 0 aromatic heterocycles. The number of aliphatic carboxylic acids is 2. The summed E-state index contributed by atoms with van der Waals surface area (Å²) < 4.78 is 0. The second kappa shape index (κ2) is 29.9. The van der Waals surface area contributed by atoms with Gasteiger partial charge in [-0.05, 0) is 61.6 Å². The number of aliphatic hydroxyl groups excluding tert-OH is 3. The molecule has 0 saturated carbocycles. The monoisotopic (exact) mass is 1010 g/mol. The van der Waals surface area contributed by atoms with Crippen LogP contribution in [0.4, 0.5) is 0 Å². The largest absolute Gasteiger partial charge is 0.508 e. The van der Waals surface area contributed by atoms with Gasteiger partial charge in [0.15, 0.2) is 0 Å². The highest BCUT2D eigenvalue weighted by Gasteiger charge is 2.37. The van der Waals surface area contributed by atoms with Crippen molar-refractivity contribution in [1.82, 2.24) is 42.5 Å². The molecular weight excluding hydrogens is 941 g/mol. The van der Waals surface area contributed by atoms with Gasteiger partial charge in [0.1, 0.15) is 54.1 Å². The van der Waals surface area contributed by atoms with Gasteiger partial charge in [-0.1, -0.05) is 53.7 Å². The number of benzene rings is 1. The van der Waals surface area contributed by atoms with E-state index in [9.17, 15) is 83.4 Å². The van der Waals surface area contributed by atoms with Crippen molar-refractivity contribution < 1.29 is 83.4 Å². The molecule has 71 heavy (non-hydrogen) atoms. The quantitative estimate of drug-likeness (QED) is 0.0330. The normalized spacial score (nSPS) is 15.5. The average molecular weight is 1010 g/mol. The third-order valence-electron chi connectivity index (χ3n) is 10.6. The van der Waals surface area contributed by atoms with Gasteiger partial charge in [-0.25, -0.2) is 4.79 Å². The van der Waals surface area contributed by atoms with Crippen molar-refractivity contribution in [3.05, 3.63) is 29.8 Å². The summed E-state index contributed by atoms with van der Waals surface area (Å²) in [6.45, 7) is 8.38. The van der Waals surface area contributed by atoms with Gasteiger partial charge in [-0.2, -0.15) is 0 Å². The van der Waals surface area contributed by atoms with E-state index in [4.69, 9.17) is 11.5 Å². The number of phenols is 1. The smallest absolute Gasteiger partial charge is 0.326 e. The number of carbonyl (C=O) groups excluding carboxylic acids is 9. The number of phenolic OH excluding ortho intramolecular Hbond substituents is 1. The molecule has 10 atom stereocenters. The summed E-state index contributed by atoms with van der Waals surface area (Å²) in [7, 11) is 0. The van der Waals surface area contributed by atoms with Crippen molar-refractivity contribution in [1.29, 1.82) is 0 Å². The van der Waals surface area contributed by atoms with E-state index in [1.54, 1.807) is 26.0 Å². The molecular formula is C44H70N10O17. The number of nitrogens with one attached hydrogen (secondary N) is 8. The molecule has 0 aliphatic rings. The molecule has 9 amide bonds. The van der Waals surface area contributed by atoms with E-state index in [1.807, 2.05) is 0 Å². The Morgan fingerprint density at radius 1 is 0.535 bits per heavy atom. The molecule has 0 radical (unpaired) electrons. The third kappa shape index (κ3) is 21.7. The molecule has 1 aromatic carbocycles. The number of carboxylic acid groups (broad SMARTS) is 2. The first-order chi connectivity index (χ1) is 33.0. The molecule has 0 bridgehead atoms. The number of primary amides is 1. The van der Waals surface area contributed by atoms with Gasteiger partial charge < -0.3 is 84.6 Å². The Morgan fingerprint density at radius 2 is 0.944 bits per heavy atom. The Balaban J connectivity index is 3.29. The van der Waals surface area contributed by atoms with Crippen LogP contribution in [-0.2, 0) is 59.2 Å². The van der Waals surface area contributed by atoms with Crippen LogP contribution in [0, 0.1) is 17.8 Å². The van der Waals surface area contributed by atoms with E-state index >= 15 is 0 Å². The SMILES string of the molecule is CC(C)C[C@H](NC(=O)[C@@H](N)Cc1ccc(O)cc1)C(=O)N[C@@H](CO)C(=O)N[C@@H](CCC(N)=O)C(=O)N[C@@H](CC(=O)O)C(=O)N[C@H](C(=O)N[C@H](C(=O)N[C@@H](CO)C(=O)N[C@H](C(=O)O)C(C)C)C(C)C)[C@@H](C)O. The molecule has 1 rings (SSSR count). The van der Waals surface area contributed by atoms with E-state index in [1.165, 1.54) is 39.8 Å². The molecule has 0 saturated heterocycles. The third-order valence-corrected chi connectivity index (χ3v) is 10.6. The minimum atomic E-state index is -2.07. The fourth-order valence-electron chi connectivity index (χ4n) is 6.57. The first-order valence-electron chi connectivity index (χ1n) is 22.6. The summed E-state index contributed by atoms with van der Waals surface area (Å²) in [4.78, 5) is 142. The number of rotatable bonds is 31. The molecule has 0 spiro atoms. The van der Waals surface area contributed by atoms with Gasteiger partial charge in [-0.15, -0.1) is 0 Å². The molecule has 18 N–H and O–H groups in total. The van der Waals surface area contributed by atoms with Crippen molar-refractivity contribution in [2.75, 3.05) is 13.2 Å². The Kier molecular flexibility index (Phi) is 26.1. The lowest BCUT2D eigenvalue weighted by atomic mass is 10.0. The number of aromatic hydroxyl groups is 1. The lowest BCUT2D eigenvalue weighted by Gasteiger charge is -2.29. The maximum atomic E-state index is 13.7. The molecule has 0 fully saturated rings. The van der Waals surface area contributed by atoms with Crippen LogP contribution in [0.3, 0.4) is 0 Å². The fraction of sp³-hybridized carbons (Fsp3) is 0.614. The van der Waals surface area contributed by atoms with E-state index in [0.29, 0.717) is 5.56 Å². The highest BCUT2D eigenvalue weighted by Crippen LogP contribution is 2.13. The van der Waals surface area contributed by atoms with Gasteiger partial charge in [0.25, 0.3) is 0 Å². The molecule has 0 aliphatic carbocycles. The van der Waals surface area contributed by atoms with E-state index < -0.39 is 170 Å². The highest BCUT2D eigenvalue weighted by molar-refractivity contribution is 5.99. The summed E-state index contributed by atoms with van der Waals surface area (Å²) in [5, 5.41) is 77.1. The lowest BCUT2D eigenvalue weighted by molar-refractivity contribution is -0.144. The number of aliphatic hydroxyl groups is 3. The Labute approximate surface area is 409 Å². The zero-order chi connectivity index (χ0) is 54.4. The van der Waals surface area contributed by atoms with Gasteiger partial charge in [0, 0.05) is 6.42 Å². The molecule has 0 heterocycles. The topological polar surface area (TPSA) is 457 Å². The zero-order valence-corrected chi connectivity index (χ0v) is 40.6. The second-order valence-electron chi connectivity index (χ2n) is 17.9. The van der Waals surface area contributed by atoms with Crippen LogP contribution in [0.1, 0.15) is 79.7 Å². The number of amides is 9. The number of hydrogen-bond acceptors (Lipinski definition) is 16. The first-order valence-corrected chi connectivity index (χ1v) is 22.6. The number of nitrogens with two attached hydrogens (primary N) is 2. The predicted molar refractivity (Wildman–Crippen MR) is 249 cm³/mol. The van der Waals surface area contributed by atoms with Gasteiger partial charge >= 0.3 is 11.9 Å². The van der Waals surface area contributed by atoms with E-state index in [-0.39, 0.29) is 24.5 Å². The van der Waals surface area contributed by atoms with Crippen molar-refractivity contribution >= 4 is 65.1 Å². The summed E-state index contributed by atoms with van der Waals surface area (Å²) >= 11 is 0. The Hall–Kier alpha value is -6.97. The van der Waals surface area contributed by atoms with Crippen LogP contribution in [0.2, 0.25) is 0 Å². The molecule has 1 aromatic rings. The molecule has 27 heteroatoms. The van der Waals surface area contributed by atoms with Crippen molar-refractivity contribution in [3.63, 3.8) is 0 Å². The van der Waals surface area contributed by atoms with Crippen LogP contribution in [0.15, 0.2) is 24.3 Å². The summed E-state index contributed by atoms with van der Waals surface area (Å²) in [5.74, 6) is -14.5. The maximum absolute atomic E-state index is 13.7. The van der Waals surface area contributed by atoms with Crippen LogP contribution in [0.5, 0.6) is 5.75 Å². The van der Waals surface area contributed by atoms with Gasteiger partial charge in [0.2, 0.25) is 53.2 Å². The standard InChI is InChI=1S/C44H70N10O17/c1-19(2)14-27(48-36(62)25(45)15-23-8-10-24(58)11-9-23)38(64)50-29(17-55)40(66)47-26(12-13-31(46)59)37(63)49-28(16-32(60)61)39(65)54-35(22(7)57)43(69)52-33(20(3)4)42(68)51-30(18-56)41(67)53-34(21(5)6)44(70)71/h8-11,19-22,25-30,33-35,55-58H,12-18,45H2,1-7H3,(H2,46,59)(H,47,66)(H,48,62)(H,49,63)(H,50,64)(H,51,68)(H,52,69)(H,53,67)(H,54,65)(H,60,61)(H,70,71)/t22-,25+,26+,27+,28+,29+,30+,33+,34+,35+/m1/s1. The minimum absolute atomic E-state index is 0.00771. The van der Waals surface area contributed by atoms with Crippen LogP contribution in [0.25, 0.3) is 0 Å². The van der Waals surface area contributed by atoms with Crippen molar-refractivity contribution in [3.8, 4) is 5.75 Å².